The molecule has 1 amide bonds. The Morgan fingerprint density at radius 1 is 1.33 bits per heavy atom. The third-order valence-corrected chi connectivity index (χ3v) is 3.25. The van der Waals surface area contributed by atoms with E-state index in [-0.39, 0.29) is 0 Å². The fraction of sp³-hybridized carbons (Fsp3) is 0.294. The van der Waals surface area contributed by atoms with Crippen LogP contribution in [0.25, 0.3) is 0 Å². The van der Waals surface area contributed by atoms with Crippen molar-refractivity contribution in [1.82, 2.24) is 9.55 Å². The van der Waals surface area contributed by atoms with Gasteiger partial charge in [0.25, 0.3) is 5.91 Å². The van der Waals surface area contributed by atoms with Crippen LogP contribution in [-0.4, -0.2) is 27.3 Å². The Hall–Kier alpha value is -2.47. The Kier molecular flexibility index (Phi) is 6.26. The summed E-state index contributed by atoms with van der Waals surface area (Å²) >= 11 is 5.80. The van der Waals surface area contributed by atoms with Gasteiger partial charge in [0.05, 0.1) is 12.3 Å². The van der Waals surface area contributed by atoms with E-state index in [1.54, 1.807) is 39.1 Å². The van der Waals surface area contributed by atoms with E-state index in [0.29, 0.717) is 17.2 Å². The van der Waals surface area contributed by atoms with Crippen LogP contribution in [0.2, 0.25) is 5.15 Å². The molecular weight excluding hydrogens is 328 g/mol. The molecule has 2 aromatic heterocycles. The monoisotopic (exact) mass is 346 g/mol. The van der Waals surface area contributed by atoms with Crippen molar-refractivity contribution in [1.29, 1.82) is 0 Å². The highest BCUT2D eigenvalue weighted by atomic mass is 35.5. The predicted octanol–water partition coefficient (Wildman–Crippen LogP) is 2.81. The van der Waals surface area contributed by atoms with Crippen molar-refractivity contribution in [2.45, 2.75) is 33.4 Å². The van der Waals surface area contributed by atoms with Gasteiger partial charge in [-0.15, -0.1) is 0 Å². The summed E-state index contributed by atoms with van der Waals surface area (Å²) in [4.78, 5) is 25.5. The number of carbonyl (C=O) groups excluding carboxylic acids is 1. The number of halogens is 1. The number of nitrogens with zero attached hydrogens (tertiary/aromatic N) is 4. The van der Waals surface area contributed by atoms with E-state index in [9.17, 15) is 4.79 Å². The predicted molar refractivity (Wildman–Crippen MR) is 92.7 cm³/mol. The van der Waals surface area contributed by atoms with Crippen LogP contribution in [0.4, 0.5) is 0 Å². The van der Waals surface area contributed by atoms with E-state index in [1.165, 1.54) is 0 Å². The van der Waals surface area contributed by atoms with Gasteiger partial charge in [-0.1, -0.05) is 28.9 Å². The molecule has 2 rings (SSSR count). The van der Waals surface area contributed by atoms with Crippen LogP contribution in [0.5, 0.6) is 0 Å². The summed E-state index contributed by atoms with van der Waals surface area (Å²) in [5.41, 5.74) is 2.22. The zero-order chi connectivity index (χ0) is 17.5. The zero-order valence-electron chi connectivity index (χ0n) is 13.8. The van der Waals surface area contributed by atoms with Crippen LogP contribution in [-0.2, 0) is 16.2 Å². The number of pyridine rings is 2. The number of rotatable bonds is 5. The van der Waals surface area contributed by atoms with Crippen LogP contribution in [0.1, 0.15) is 26.3 Å². The molecule has 0 radical (unpaired) electrons. The highest BCUT2D eigenvalue weighted by Crippen LogP contribution is 2.06. The van der Waals surface area contributed by atoms with E-state index < -0.39 is 12.0 Å². The van der Waals surface area contributed by atoms with Crippen LogP contribution in [0.3, 0.4) is 0 Å². The molecule has 0 saturated heterocycles. The summed E-state index contributed by atoms with van der Waals surface area (Å²) in [5.74, 6) is -0.394. The SMILES string of the molecule is CC(C)=NOC(C)C(=O)N=c1ccccn1Cc1ccc(Cl)nc1. The first-order chi connectivity index (χ1) is 11.5. The molecule has 24 heavy (non-hydrogen) atoms. The zero-order valence-corrected chi connectivity index (χ0v) is 14.6. The van der Waals surface area contributed by atoms with Gasteiger partial charge in [-0.25, -0.2) is 4.98 Å². The molecule has 0 aromatic carbocycles. The van der Waals surface area contributed by atoms with Crippen molar-refractivity contribution in [3.05, 3.63) is 58.9 Å². The maximum absolute atomic E-state index is 12.2. The lowest BCUT2D eigenvalue weighted by atomic mass is 10.3. The first-order valence-corrected chi connectivity index (χ1v) is 7.85. The lowest BCUT2D eigenvalue weighted by molar-refractivity contribution is -0.128. The fourth-order valence-corrected chi connectivity index (χ4v) is 1.94. The Morgan fingerprint density at radius 2 is 2.12 bits per heavy atom. The molecule has 6 nitrogen and oxygen atoms in total. The molecule has 2 aromatic rings. The maximum Gasteiger partial charge on any atom is 0.291 e. The summed E-state index contributed by atoms with van der Waals surface area (Å²) in [6, 6.07) is 9.07. The largest absolute Gasteiger partial charge is 0.383 e. The van der Waals surface area contributed by atoms with Gasteiger partial charge in [0.15, 0.2) is 0 Å². The highest BCUT2D eigenvalue weighted by Gasteiger charge is 2.13. The van der Waals surface area contributed by atoms with Crippen LogP contribution in [0.15, 0.2) is 52.9 Å². The summed E-state index contributed by atoms with van der Waals surface area (Å²) in [5, 5.41) is 4.23. The van der Waals surface area contributed by atoms with E-state index in [0.717, 1.165) is 11.3 Å². The van der Waals surface area contributed by atoms with Gasteiger partial charge >= 0.3 is 0 Å². The van der Waals surface area contributed by atoms with Gasteiger partial charge < -0.3 is 9.40 Å². The van der Waals surface area contributed by atoms with Crippen molar-refractivity contribution in [3.8, 4) is 0 Å². The average Bonchev–Trinajstić information content (AvgIpc) is 2.56. The molecule has 2 heterocycles. The van der Waals surface area contributed by atoms with Gasteiger partial charge in [-0.3, -0.25) is 4.79 Å². The van der Waals surface area contributed by atoms with Crippen molar-refractivity contribution in [2.24, 2.45) is 10.1 Å². The molecule has 7 heteroatoms. The molecule has 126 valence electrons. The maximum atomic E-state index is 12.2. The van der Waals surface area contributed by atoms with Crippen molar-refractivity contribution < 1.29 is 9.63 Å². The van der Waals surface area contributed by atoms with Gasteiger partial charge in [-0.2, -0.15) is 4.99 Å². The van der Waals surface area contributed by atoms with Gasteiger partial charge in [-0.05, 0) is 44.5 Å². The van der Waals surface area contributed by atoms with Crippen LogP contribution >= 0.6 is 11.6 Å². The lowest BCUT2D eigenvalue weighted by Crippen LogP contribution is -2.26. The van der Waals surface area contributed by atoms with Gasteiger partial charge in [0.2, 0.25) is 6.10 Å². The third-order valence-electron chi connectivity index (χ3n) is 3.02. The van der Waals surface area contributed by atoms with Gasteiger partial charge in [0.1, 0.15) is 10.6 Å². The normalized spacial score (nSPS) is 12.6. The van der Waals surface area contributed by atoms with Crippen molar-refractivity contribution in [3.63, 3.8) is 0 Å². The molecule has 0 bridgehead atoms. The number of oxime groups is 1. The molecule has 1 unspecified atom stereocenters. The van der Waals surface area contributed by atoms with E-state index >= 15 is 0 Å². The number of carbonyl (C=O) groups is 1. The van der Waals surface area contributed by atoms with Gasteiger partial charge in [0, 0.05) is 12.4 Å². The summed E-state index contributed by atoms with van der Waals surface area (Å²) in [7, 11) is 0. The Balaban J connectivity index is 2.22. The Labute approximate surface area is 145 Å². The number of hydrogen-bond donors (Lipinski definition) is 0. The number of amides is 1. The smallest absolute Gasteiger partial charge is 0.291 e. The van der Waals surface area contributed by atoms with E-state index in [2.05, 4.69) is 15.1 Å². The molecule has 0 fully saturated rings. The molecule has 0 aliphatic heterocycles. The third kappa shape index (κ3) is 5.31. The Morgan fingerprint density at radius 3 is 2.79 bits per heavy atom. The highest BCUT2D eigenvalue weighted by molar-refractivity contribution is 6.29. The second kappa shape index (κ2) is 8.40. The minimum Gasteiger partial charge on any atom is -0.383 e. The van der Waals surface area contributed by atoms with Crippen LogP contribution in [0, 0.1) is 0 Å². The minimum absolute atomic E-state index is 0.394. The second-order valence-electron chi connectivity index (χ2n) is 5.41. The van der Waals surface area contributed by atoms with E-state index in [1.807, 2.05) is 29.0 Å². The van der Waals surface area contributed by atoms with E-state index in [4.69, 9.17) is 16.4 Å². The molecule has 1 atom stereocenters. The number of aromatic nitrogens is 2. The summed E-state index contributed by atoms with van der Waals surface area (Å²) < 4.78 is 1.85. The topological polar surface area (TPSA) is 68.8 Å². The minimum atomic E-state index is -0.745. The number of hydrogen-bond acceptors (Lipinski definition) is 4. The molecule has 0 spiro atoms. The lowest BCUT2D eigenvalue weighted by Gasteiger charge is -2.09. The standard InChI is InChI=1S/C17H19ClN4O2/c1-12(2)21-24-13(3)17(23)20-16-6-4-5-9-22(16)11-14-7-8-15(18)19-10-14/h4-10,13H,11H2,1-3H3. The molecule has 0 aliphatic carbocycles. The summed E-state index contributed by atoms with van der Waals surface area (Å²) in [6.45, 7) is 5.73. The Bertz CT molecular complexity index is 793. The van der Waals surface area contributed by atoms with Crippen LogP contribution < -0.4 is 5.49 Å². The molecular formula is C17H19ClN4O2. The molecule has 0 N–H and O–H groups in total. The van der Waals surface area contributed by atoms with Crippen molar-refractivity contribution in [2.75, 3.05) is 0 Å². The summed E-state index contributed by atoms with van der Waals surface area (Å²) in [6.07, 6.45) is 2.80. The average molecular weight is 347 g/mol. The second-order valence-corrected chi connectivity index (χ2v) is 5.80. The molecule has 0 saturated carbocycles. The first-order valence-electron chi connectivity index (χ1n) is 7.47. The van der Waals surface area contributed by atoms with Crippen molar-refractivity contribution >= 4 is 23.2 Å². The molecule has 0 aliphatic rings. The fourth-order valence-electron chi connectivity index (χ4n) is 1.83. The quantitative estimate of drug-likeness (QED) is 0.475. The first kappa shape index (κ1) is 17.9.